The maximum absolute atomic E-state index is 10.8. The summed E-state index contributed by atoms with van der Waals surface area (Å²) >= 11 is 6.08. The van der Waals surface area contributed by atoms with E-state index in [1.807, 2.05) is 43.3 Å². The van der Waals surface area contributed by atoms with Gasteiger partial charge in [-0.05, 0) is 59.0 Å². The average molecular weight is 297 g/mol. The zero-order chi connectivity index (χ0) is 15.0. The summed E-state index contributed by atoms with van der Waals surface area (Å²) in [5.74, 6) is 0. The molecule has 2 heteroatoms. The van der Waals surface area contributed by atoms with Crippen molar-refractivity contribution >= 4 is 22.4 Å². The molecular formula is C19H17ClO. The molecule has 3 rings (SSSR count). The van der Waals surface area contributed by atoms with Crippen molar-refractivity contribution in [3.05, 3.63) is 81.9 Å². The van der Waals surface area contributed by atoms with E-state index in [0.717, 1.165) is 22.1 Å². The van der Waals surface area contributed by atoms with Gasteiger partial charge >= 0.3 is 0 Å². The van der Waals surface area contributed by atoms with Gasteiger partial charge in [0.2, 0.25) is 0 Å². The summed E-state index contributed by atoms with van der Waals surface area (Å²) in [6, 6.07) is 17.9. The Balaban J connectivity index is 2.20. The van der Waals surface area contributed by atoms with E-state index >= 15 is 0 Å². The van der Waals surface area contributed by atoms with Crippen molar-refractivity contribution in [2.75, 3.05) is 0 Å². The standard InChI is InChI=1S/C19H17ClO/c1-12-8-10-17(16-6-4-3-5-15(12)16)19(21)18-11-14(20)9-7-13(18)2/h3-11,19,21H,1-2H3. The summed E-state index contributed by atoms with van der Waals surface area (Å²) in [4.78, 5) is 0. The summed E-state index contributed by atoms with van der Waals surface area (Å²) in [5.41, 5.74) is 4.03. The van der Waals surface area contributed by atoms with E-state index in [-0.39, 0.29) is 0 Å². The molecule has 0 amide bonds. The molecule has 0 aliphatic heterocycles. The highest BCUT2D eigenvalue weighted by Crippen LogP contribution is 2.33. The Bertz CT molecular complexity index is 808. The third-order valence-corrected chi connectivity index (χ3v) is 4.24. The smallest absolute Gasteiger partial charge is 0.105 e. The minimum Gasteiger partial charge on any atom is -0.384 e. The molecule has 0 aromatic heterocycles. The number of aliphatic hydroxyl groups excluding tert-OH is 1. The molecule has 1 nitrogen and oxygen atoms in total. The predicted octanol–water partition coefficient (Wildman–Crippen LogP) is 5.19. The highest BCUT2D eigenvalue weighted by Gasteiger charge is 2.16. The Kier molecular flexibility index (Phi) is 3.71. The van der Waals surface area contributed by atoms with Gasteiger partial charge in [-0.1, -0.05) is 54.1 Å². The fraction of sp³-hybridized carbons (Fsp3) is 0.158. The number of hydrogen-bond acceptors (Lipinski definition) is 1. The van der Waals surface area contributed by atoms with Gasteiger partial charge in [0.05, 0.1) is 0 Å². The zero-order valence-electron chi connectivity index (χ0n) is 12.1. The van der Waals surface area contributed by atoms with Crippen molar-refractivity contribution < 1.29 is 5.11 Å². The number of halogens is 1. The first kappa shape index (κ1) is 14.1. The lowest BCUT2D eigenvalue weighted by molar-refractivity contribution is 0.221. The quantitative estimate of drug-likeness (QED) is 0.690. The average Bonchev–Trinajstić information content (AvgIpc) is 2.50. The third kappa shape index (κ3) is 2.55. The topological polar surface area (TPSA) is 20.2 Å². The van der Waals surface area contributed by atoms with E-state index in [1.165, 1.54) is 10.9 Å². The fourth-order valence-electron chi connectivity index (χ4n) is 2.78. The van der Waals surface area contributed by atoms with Crippen molar-refractivity contribution in [3.63, 3.8) is 0 Å². The van der Waals surface area contributed by atoms with Crippen molar-refractivity contribution in [1.29, 1.82) is 0 Å². The first-order valence-electron chi connectivity index (χ1n) is 7.00. The molecule has 0 aliphatic carbocycles. The normalized spacial score (nSPS) is 12.6. The lowest BCUT2D eigenvalue weighted by Gasteiger charge is -2.17. The van der Waals surface area contributed by atoms with Gasteiger partial charge in [-0.2, -0.15) is 0 Å². The van der Waals surface area contributed by atoms with Crippen molar-refractivity contribution in [3.8, 4) is 0 Å². The van der Waals surface area contributed by atoms with Crippen molar-refractivity contribution in [1.82, 2.24) is 0 Å². The van der Waals surface area contributed by atoms with Crippen LogP contribution >= 0.6 is 11.6 Å². The molecule has 1 unspecified atom stereocenters. The Morgan fingerprint density at radius 3 is 2.24 bits per heavy atom. The lowest BCUT2D eigenvalue weighted by Crippen LogP contribution is -2.03. The van der Waals surface area contributed by atoms with E-state index in [4.69, 9.17) is 11.6 Å². The van der Waals surface area contributed by atoms with E-state index < -0.39 is 6.10 Å². The van der Waals surface area contributed by atoms with Gasteiger partial charge in [-0.15, -0.1) is 0 Å². The molecule has 0 saturated heterocycles. The summed E-state index contributed by atoms with van der Waals surface area (Å²) in [6.45, 7) is 4.08. The second-order valence-electron chi connectivity index (χ2n) is 5.42. The van der Waals surface area contributed by atoms with Gasteiger partial charge in [-0.25, -0.2) is 0 Å². The maximum atomic E-state index is 10.8. The first-order valence-corrected chi connectivity index (χ1v) is 7.38. The molecule has 0 bridgehead atoms. The van der Waals surface area contributed by atoms with Crippen molar-refractivity contribution in [2.45, 2.75) is 20.0 Å². The van der Waals surface area contributed by atoms with Crippen LogP contribution in [0.15, 0.2) is 54.6 Å². The SMILES string of the molecule is Cc1ccc(Cl)cc1C(O)c1ccc(C)c2ccccc12. The molecule has 3 aromatic carbocycles. The van der Waals surface area contributed by atoms with Crippen LogP contribution in [0.2, 0.25) is 5.02 Å². The molecule has 1 atom stereocenters. The van der Waals surface area contributed by atoms with Crippen LogP contribution in [-0.4, -0.2) is 5.11 Å². The molecule has 3 aromatic rings. The molecule has 0 fully saturated rings. The summed E-state index contributed by atoms with van der Waals surface area (Å²) in [5, 5.41) is 13.7. The number of aliphatic hydroxyl groups is 1. The van der Waals surface area contributed by atoms with Gasteiger partial charge in [0, 0.05) is 5.02 Å². The van der Waals surface area contributed by atoms with Gasteiger partial charge in [0.25, 0.3) is 0 Å². The van der Waals surface area contributed by atoms with E-state index in [9.17, 15) is 5.11 Å². The van der Waals surface area contributed by atoms with Crippen LogP contribution < -0.4 is 0 Å². The molecule has 0 aliphatic rings. The van der Waals surface area contributed by atoms with Gasteiger partial charge in [-0.3, -0.25) is 0 Å². The minimum absolute atomic E-state index is 0.645. The van der Waals surface area contributed by atoms with Crippen LogP contribution in [0.1, 0.15) is 28.4 Å². The molecule has 1 N–H and O–H groups in total. The number of aryl methyl sites for hydroxylation is 2. The third-order valence-electron chi connectivity index (χ3n) is 4.01. The molecule has 0 saturated carbocycles. The molecule has 0 heterocycles. The highest BCUT2D eigenvalue weighted by molar-refractivity contribution is 6.30. The van der Waals surface area contributed by atoms with E-state index in [1.54, 1.807) is 0 Å². The Morgan fingerprint density at radius 1 is 0.810 bits per heavy atom. The number of fused-ring (bicyclic) bond motifs is 1. The van der Waals surface area contributed by atoms with Gasteiger partial charge in [0.1, 0.15) is 6.10 Å². The summed E-state index contributed by atoms with van der Waals surface area (Å²) in [6.07, 6.45) is -0.672. The van der Waals surface area contributed by atoms with Gasteiger partial charge in [0.15, 0.2) is 0 Å². The monoisotopic (exact) mass is 296 g/mol. The van der Waals surface area contributed by atoms with Crippen LogP contribution in [0, 0.1) is 13.8 Å². The summed E-state index contributed by atoms with van der Waals surface area (Å²) < 4.78 is 0. The molecular weight excluding hydrogens is 280 g/mol. The summed E-state index contributed by atoms with van der Waals surface area (Å²) in [7, 11) is 0. The molecule has 0 spiro atoms. The molecule has 21 heavy (non-hydrogen) atoms. The Labute approximate surface area is 129 Å². The van der Waals surface area contributed by atoms with E-state index in [2.05, 4.69) is 25.1 Å². The van der Waals surface area contributed by atoms with Gasteiger partial charge < -0.3 is 5.11 Å². The Morgan fingerprint density at radius 2 is 1.48 bits per heavy atom. The predicted molar refractivity (Wildman–Crippen MR) is 88.9 cm³/mol. The number of hydrogen-bond donors (Lipinski definition) is 1. The fourth-order valence-corrected chi connectivity index (χ4v) is 2.97. The number of benzene rings is 3. The largest absolute Gasteiger partial charge is 0.384 e. The van der Waals surface area contributed by atoms with Crippen molar-refractivity contribution in [2.24, 2.45) is 0 Å². The van der Waals surface area contributed by atoms with Crippen LogP contribution in [0.4, 0.5) is 0 Å². The lowest BCUT2D eigenvalue weighted by atomic mass is 9.92. The van der Waals surface area contributed by atoms with Crippen LogP contribution in [0.3, 0.4) is 0 Å². The zero-order valence-corrected chi connectivity index (χ0v) is 12.9. The second kappa shape index (κ2) is 5.51. The molecule has 0 radical (unpaired) electrons. The number of rotatable bonds is 2. The van der Waals surface area contributed by atoms with Crippen LogP contribution in [0.5, 0.6) is 0 Å². The van der Waals surface area contributed by atoms with Crippen LogP contribution in [0.25, 0.3) is 10.8 Å². The minimum atomic E-state index is -0.672. The molecule has 106 valence electrons. The second-order valence-corrected chi connectivity index (χ2v) is 5.86. The maximum Gasteiger partial charge on any atom is 0.105 e. The first-order chi connectivity index (χ1) is 10.1. The highest BCUT2D eigenvalue weighted by atomic mass is 35.5. The van der Waals surface area contributed by atoms with E-state index in [0.29, 0.717) is 5.02 Å². The Hall–Kier alpha value is -1.83. The van der Waals surface area contributed by atoms with Crippen LogP contribution in [-0.2, 0) is 0 Å².